The molecule has 20 heavy (non-hydrogen) atoms. The Bertz CT molecular complexity index is 414. The number of rotatable bonds is 7. The topological polar surface area (TPSA) is 56.3 Å². The lowest BCUT2D eigenvalue weighted by molar-refractivity contribution is 0.0775. The normalized spacial score (nSPS) is 23.8. The zero-order valence-electron chi connectivity index (χ0n) is 12.6. The molecule has 0 saturated carbocycles. The van der Waals surface area contributed by atoms with E-state index in [0.717, 1.165) is 38.1 Å². The van der Waals surface area contributed by atoms with Crippen LogP contribution in [0.15, 0.2) is 12.4 Å². The molecule has 112 valence electrons. The van der Waals surface area contributed by atoms with Gasteiger partial charge in [-0.15, -0.1) is 0 Å². The van der Waals surface area contributed by atoms with Crippen molar-refractivity contribution in [1.29, 1.82) is 0 Å². The molecule has 0 bridgehead atoms. The zero-order chi connectivity index (χ0) is 14.4. The molecule has 1 aliphatic rings. The van der Waals surface area contributed by atoms with Gasteiger partial charge in [0.2, 0.25) is 5.88 Å². The van der Waals surface area contributed by atoms with Gasteiger partial charge in [-0.2, -0.15) is 0 Å². The van der Waals surface area contributed by atoms with E-state index in [-0.39, 0.29) is 0 Å². The molecule has 1 N–H and O–H groups in total. The first-order valence-electron chi connectivity index (χ1n) is 7.48. The fourth-order valence-electron chi connectivity index (χ4n) is 3.01. The first kappa shape index (κ1) is 15.2. The molecule has 3 unspecified atom stereocenters. The Morgan fingerprint density at radius 2 is 2.30 bits per heavy atom. The minimum atomic E-state index is 0.364. The molecule has 5 heteroatoms. The van der Waals surface area contributed by atoms with E-state index in [0.29, 0.717) is 23.9 Å². The predicted molar refractivity (Wildman–Crippen MR) is 77.9 cm³/mol. The molecule has 0 aliphatic carbocycles. The Morgan fingerprint density at radius 3 is 3.00 bits per heavy atom. The summed E-state index contributed by atoms with van der Waals surface area (Å²) in [5, 5.41) is 3.59. The van der Waals surface area contributed by atoms with Gasteiger partial charge in [-0.3, -0.25) is 0 Å². The number of methoxy groups -OCH3 is 1. The Balaban J connectivity index is 2.08. The van der Waals surface area contributed by atoms with Crippen molar-refractivity contribution in [3.8, 4) is 5.88 Å². The zero-order valence-corrected chi connectivity index (χ0v) is 12.6. The maximum Gasteiger partial charge on any atom is 0.216 e. The number of nitrogens with zero attached hydrogens (tertiary/aromatic N) is 2. The molecule has 1 aromatic heterocycles. The standard InChI is InChI=1S/C15H25N3O2/c1-4-14-12(6-7-20-14)13(16-5-2)8-11-9-15(19-3)18-10-17-11/h9-10,12-14,16H,4-8H2,1-3H3. The van der Waals surface area contributed by atoms with Crippen molar-refractivity contribution >= 4 is 0 Å². The minimum absolute atomic E-state index is 0.364. The molecule has 1 aromatic rings. The number of nitrogens with one attached hydrogen (secondary N) is 1. The summed E-state index contributed by atoms with van der Waals surface area (Å²) in [6.45, 7) is 6.17. The van der Waals surface area contributed by atoms with Crippen LogP contribution in [-0.4, -0.2) is 42.4 Å². The monoisotopic (exact) mass is 279 g/mol. The number of hydrogen-bond acceptors (Lipinski definition) is 5. The Hall–Kier alpha value is -1.20. The van der Waals surface area contributed by atoms with Crippen LogP contribution in [-0.2, 0) is 11.2 Å². The molecular formula is C15H25N3O2. The van der Waals surface area contributed by atoms with E-state index in [1.54, 1.807) is 13.4 Å². The van der Waals surface area contributed by atoms with Gasteiger partial charge in [-0.05, 0) is 19.4 Å². The largest absolute Gasteiger partial charge is 0.481 e. The van der Waals surface area contributed by atoms with E-state index in [9.17, 15) is 0 Å². The summed E-state index contributed by atoms with van der Waals surface area (Å²) in [5.74, 6) is 1.18. The van der Waals surface area contributed by atoms with Crippen molar-refractivity contribution in [3.63, 3.8) is 0 Å². The second-order valence-electron chi connectivity index (χ2n) is 5.19. The molecule has 2 heterocycles. The number of ether oxygens (including phenoxy) is 2. The molecule has 3 atom stereocenters. The first-order valence-corrected chi connectivity index (χ1v) is 7.48. The van der Waals surface area contributed by atoms with Crippen molar-refractivity contribution in [2.24, 2.45) is 5.92 Å². The molecule has 2 rings (SSSR count). The van der Waals surface area contributed by atoms with E-state index in [1.807, 2.05) is 6.07 Å². The molecule has 0 amide bonds. The molecule has 0 spiro atoms. The lowest BCUT2D eigenvalue weighted by Crippen LogP contribution is -2.41. The molecule has 0 radical (unpaired) electrons. The van der Waals surface area contributed by atoms with Crippen LogP contribution in [0.25, 0.3) is 0 Å². The summed E-state index contributed by atoms with van der Waals surface area (Å²) in [5.41, 5.74) is 1.02. The highest BCUT2D eigenvalue weighted by atomic mass is 16.5. The summed E-state index contributed by atoms with van der Waals surface area (Å²) in [6, 6.07) is 2.31. The fraction of sp³-hybridized carbons (Fsp3) is 0.733. The van der Waals surface area contributed by atoms with Crippen LogP contribution in [0.2, 0.25) is 0 Å². The fourth-order valence-corrected chi connectivity index (χ4v) is 3.01. The Kier molecular flexibility index (Phi) is 5.73. The summed E-state index contributed by atoms with van der Waals surface area (Å²) < 4.78 is 11.0. The van der Waals surface area contributed by atoms with Crippen LogP contribution in [0.4, 0.5) is 0 Å². The van der Waals surface area contributed by atoms with E-state index in [1.165, 1.54) is 0 Å². The Morgan fingerprint density at radius 1 is 1.45 bits per heavy atom. The SMILES string of the molecule is CCNC(Cc1cc(OC)ncn1)C1CCOC1CC. The quantitative estimate of drug-likeness (QED) is 0.825. The van der Waals surface area contributed by atoms with Crippen molar-refractivity contribution < 1.29 is 9.47 Å². The highest BCUT2D eigenvalue weighted by Crippen LogP contribution is 2.28. The van der Waals surface area contributed by atoms with E-state index in [2.05, 4.69) is 29.1 Å². The van der Waals surface area contributed by atoms with E-state index >= 15 is 0 Å². The third kappa shape index (κ3) is 3.67. The molecule has 1 fully saturated rings. The lowest BCUT2D eigenvalue weighted by atomic mass is 9.88. The number of aromatic nitrogens is 2. The van der Waals surface area contributed by atoms with Crippen LogP contribution in [0, 0.1) is 5.92 Å². The van der Waals surface area contributed by atoms with E-state index < -0.39 is 0 Å². The third-order valence-corrected chi connectivity index (χ3v) is 3.98. The summed E-state index contributed by atoms with van der Waals surface area (Å²) in [7, 11) is 1.63. The van der Waals surface area contributed by atoms with Crippen LogP contribution in [0.5, 0.6) is 5.88 Å². The van der Waals surface area contributed by atoms with Gasteiger partial charge in [0.05, 0.1) is 13.2 Å². The van der Waals surface area contributed by atoms with Crippen LogP contribution in [0.3, 0.4) is 0 Å². The maximum absolute atomic E-state index is 5.83. The van der Waals surface area contributed by atoms with Crippen LogP contribution in [0.1, 0.15) is 32.4 Å². The average Bonchev–Trinajstić information content (AvgIpc) is 2.95. The predicted octanol–water partition coefficient (Wildman–Crippen LogP) is 1.82. The maximum atomic E-state index is 5.83. The van der Waals surface area contributed by atoms with Gasteiger partial charge >= 0.3 is 0 Å². The van der Waals surface area contributed by atoms with Crippen LogP contribution >= 0.6 is 0 Å². The van der Waals surface area contributed by atoms with Gasteiger partial charge in [0, 0.05) is 36.7 Å². The van der Waals surface area contributed by atoms with Crippen LogP contribution < -0.4 is 10.1 Å². The van der Waals surface area contributed by atoms with Gasteiger partial charge in [-0.25, -0.2) is 9.97 Å². The smallest absolute Gasteiger partial charge is 0.216 e. The summed E-state index contributed by atoms with van der Waals surface area (Å²) in [4.78, 5) is 8.42. The van der Waals surface area contributed by atoms with Crippen molar-refractivity contribution in [1.82, 2.24) is 15.3 Å². The molecular weight excluding hydrogens is 254 g/mol. The second-order valence-corrected chi connectivity index (χ2v) is 5.19. The van der Waals surface area contributed by atoms with Gasteiger partial charge in [0.15, 0.2) is 0 Å². The Labute approximate surface area is 121 Å². The van der Waals surface area contributed by atoms with E-state index in [4.69, 9.17) is 9.47 Å². The van der Waals surface area contributed by atoms with Gasteiger partial charge in [-0.1, -0.05) is 13.8 Å². The summed E-state index contributed by atoms with van der Waals surface area (Å²) >= 11 is 0. The molecule has 5 nitrogen and oxygen atoms in total. The molecule has 1 saturated heterocycles. The van der Waals surface area contributed by atoms with Crippen molar-refractivity contribution in [2.45, 2.75) is 45.3 Å². The highest BCUT2D eigenvalue weighted by molar-refractivity contribution is 5.14. The number of hydrogen-bond donors (Lipinski definition) is 1. The molecule has 1 aliphatic heterocycles. The van der Waals surface area contributed by atoms with Crippen molar-refractivity contribution in [2.75, 3.05) is 20.3 Å². The third-order valence-electron chi connectivity index (χ3n) is 3.98. The highest BCUT2D eigenvalue weighted by Gasteiger charge is 2.33. The summed E-state index contributed by atoms with van der Waals surface area (Å²) in [6.07, 6.45) is 5.01. The van der Waals surface area contributed by atoms with Gasteiger partial charge in [0.1, 0.15) is 6.33 Å². The molecule has 0 aromatic carbocycles. The van der Waals surface area contributed by atoms with Gasteiger partial charge in [0.25, 0.3) is 0 Å². The second kappa shape index (κ2) is 7.55. The lowest BCUT2D eigenvalue weighted by Gasteiger charge is -2.27. The minimum Gasteiger partial charge on any atom is -0.481 e. The van der Waals surface area contributed by atoms with Gasteiger partial charge < -0.3 is 14.8 Å². The first-order chi connectivity index (χ1) is 9.78. The average molecular weight is 279 g/mol. The van der Waals surface area contributed by atoms with Crippen molar-refractivity contribution in [3.05, 3.63) is 18.1 Å². The number of likely N-dealkylation sites (N-methyl/N-ethyl adjacent to an activating group) is 1.